The van der Waals surface area contributed by atoms with Crippen LogP contribution in [0.4, 0.5) is 0 Å². The molecule has 6 nitrogen and oxygen atoms in total. The molecule has 0 spiro atoms. The van der Waals surface area contributed by atoms with Gasteiger partial charge < -0.3 is 23.5 Å². The largest absolute Gasteiger partial charge is 0.617 e. The average Bonchev–Trinajstić information content (AvgIpc) is 2.99. The molecule has 2 aliphatic heterocycles. The number of benzene rings is 3. The Bertz CT molecular complexity index is 810. The van der Waals surface area contributed by atoms with E-state index >= 15 is 0 Å². The van der Waals surface area contributed by atoms with Crippen molar-refractivity contribution in [3.63, 3.8) is 0 Å². The van der Waals surface area contributed by atoms with Crippen molar-refractivity contribution >= 4 is 11.2 Å². The standard InChI is InChI=1S/C8H10.C7H8.C6H6.2C4H8O2.C2H3N.C2H6OS/c1-7-3-5-8(2)6-4-7;1-7-5-3-2-4-6-7;1-2-4-6-5-3-1;2*1-2-6-4-3-5-1;1-2-3;1-4(2)3/h3-6H,1-2H3;2-6H,1H3;1-6H;2*1-4H2;1H3;1-2H3. The molecule has 2 fully saturated rings. The van der Waals surface area contributed by atoms with Crippen molar-refractivity contribution in [2.24, 2.45) is 0 Å². The van der Waals surface area contributed by atoms with Crippen LogP contribution in [0.25, 0.3) is 0 Å². The molecule has 0 aliphatic carbocycles. The molecular formula is C33H49NO5S. The van der Waals surface area contributed by atoms with E-state index in [4.69, 9.17) is 24.2 Å². The Hall–Kier alpha value is -2.70. The molecule has 3 aromatic rings. The maximum absolute atomic E-state index is 9.56. The van der Waals surface area contributed by atoms with Crippen LogP contribution in [0.2, 0.25) is 0 Å². The van der Waals surface area contributed by atoms with E-state index in [0.717, 1.165) is 52.9 Å². The highest BCUT2D eigenvalue weighted by atomic mass is 32.2. The predicted molar refractivity (Wildman–Crippen MR) is 168 cm³/mol. The first-order valence-corrected chi connectivity index (χ1v) is 15.2. The van der Waals surface area contributed by atoms with Crippen LogP contribution in [-0.2, 0) is 30.1 Å². The Labute approximate surface area is 246 Å². The van der Waals surface area contributed by atoms with E-state index in [9.17, 15) is 4.55 Å². The van der Waals surface area contributed by atoms with E-state index in [0.29, 0.717) is 0 Å². The lowest BCUT2D eigenvalue weighted by Crippen LogP contribution is -2.16. The van der Waals surface area contributed by atoms with Crippen LogP contribution in [0.5, 0.6) is 0 Å². The molecule has 0 saturated carbocycles. The molecular weight excluding hydrogens is 522 g/mol. The number of ether oxygens (including phenoxy) is 4. The van der Waals surface area contributed by atoms with Gasteiger partial charge in [0.05, 0.1) is 71.4 Å². The molecule has 222 valence electrons. The van der Waals surface area contributed by atoms with Gasteiger partial charge in [0.1, 0.15) is 0 Å². The molecule has 2 aliphatic rings. The second-order valence-electron chi connectivity index (χ2n) is 8.38. The molecule has 40 heavy (non-hydrogen) atoms. The van der Waals surface area contributed by atoms with Gasteiger partial charge in [0.25, 0.3) is 0 Å². The molecule has 0 unspecified atom stereocenters. The lowest BCUT2D eigenvalue weighted by atomic mass is 10.2. The Morgan fingerprint density at radius 3 is 0.850 bits per heavy atom. The summed E-state index contributed by atoms with van der Waals surface area (Å²) in [5.74, 6) is 0. The van der Waals surface area contributed by atoms with Gasteiger partial charge in [-0.15, -0.1) is 0 Å². The van der Waals surface area contributed by atoms with Crippen molar-refractivity contribution in [2.45, 2.75) is 27.7 Å². The third-order valence-corrected chi connectivity index (χ3v) is 4.31. The quantitative estimate of drug-likeness (QED) is 0.284. The minimum Gasteiger partial charge on any atom is -0.617 e. The molecule has 0 atom stereocenters. The van der Waals surface area contributed by atoms with Crippen LogP contribution in [0, 0.1) is 32.1 Å². The SMILES string of the molecule is C1COCCO1.C1COCCO1.CC#N.C[S+](C)[O-].Cc1ccc(C)cc1.Cc1ccccc1.c1ccccc1. The summed E-state index contributed by atoms with van der Waals surface area (Å²) in [4.78, 5) is 0. The minimum absolute atomic E-state index is 0.611. The second-order valence-corrected chi connectivity index (χ2v) is 9.86. The molecule has 7 heteroatoms. The zero-order valence-corrected chi connectivity index (χ0v) is 26.0. The van der Waals surface area contributed by atoms with Gasteiger partial charge in [0.15, 0.2) is 0 Å². The molecule has 0 aromatic heterocycles. The Kier molecular flexibility index (Phi) is 32.1. The molecule has 5 rings (SSSR count). The smallest absolute Gasteiger partial charge is 0.0946 e. The van der Waals surface area contributed by atoms with Crippen molar-refractivity contribution in [3.8, 4) is 6.07 Å². The summed E-state index contributed by atoms with van der Waals surface area (Å²) in [5, 5.41) is 7.32. The van der Waals surface area contributed by atoms with Crippen molar-refractivity contribution in [1.82, 2.24) is 0 Å². The first-order valence-electron chi connectivity index (χ1n) is 13.2. The van der Waals surface area contributed by atoms with Crippen molar-refractivity contribution in [3.05, 3.63) is 108 Å². The molecule has 2 saturated heterocycles. The molecule has 0 bridgehead atoms. The first-order chi connectivity index (χ1) is 19.3. The topological polar surface area (TPSA) is 83.8 Å². The van der Waals surface area contributed by atoms with Crippen LogP contribution >= 0.6 is 0 Å². The van der Waals surface area contributed by atoms with Crippen LogP contribution < -0.4 is 0 Å². The summed E-state index contributed by atoms with van der Waals surface area (Å²) >= 11 is -0.611. The summed E-state index contributed by atoms with van der Waals surface area (Å²) in [6.07, 6.45) is 3.28. The van der Waals surface area contributed by atoms with Crippen LogP contribution in [-0.4, -0.2) is 69.9 Å². The number of hydrogen-bond acceptors (Lipinski definition) is 6. The van der Waals surface area contributed by atoms with E-state index in [1.165, 1.54) is 23.6 Å². The van der Waals surface area contributed by atoms with Crippen molar-refractivity contribution < 1.29 is 23.5 Å². The van der Waals surface area contributed by atoms with Gasteiger partial charge in [-0.1, -0.05) is 119 Å². The molecule has 2 heterocycles. The van der Waals surface area contributed by atoms with E-state index in [2.05, 4.69) is 57.2 Å². The second kappa shape index (κ2) is 32.5. The van der Waals surface area contributed by atoms with Crippen LogP contribution in [0.3, 0.4) is 0 Å². The highest BCUT2D eigenvalue weighted by molar-refractivity contribution is 7.89. The molecule has 0 radical (unpaired) electrons. The summed E-state index contributed by atoms with van der Waals surface area (Å²) < 4.78 is 29.3. The van der Waals surface area contributed by atoms with Gasteiger partial charge in [-0.2, -0.15) is 5.26 Å². The highest BCUT2D eigenvalue weighted by Crippen LogP contribution is 1.99. The normalized spacial score (nSPS) is 12.9. The van der Waals surface area contributed by atoms with Gasteiger partial charge in [0, 0.05) is 6.92 Å². The highest BCUT2D eigenvalue weighted by Gasteiger charge is 1.95. The van der Waals surface area contributed by atoms with Crippen LogP contribution in [0.1, 0.15) is 23.6 Å². The Balaban J connectivity index is 0. The summed E-state index contributed by atoms with van der Waals surface area (Å²) in [6, 6.07) is 32.5. The monoisotopic (exact) mass is 571 g/mol. The number of rotatable bonds is 0. The maximum atomic E-state index is 9.56. The van der Waals surface area contributed by atoms with Gasteiger partial charge in [-0.3, -0.25) is 0 Å². The van der Waals surface area contributed by atoms with Gasteiger partial charge in [0.2, 0.25) is 0 Å². The van der Waals surface area contributed by atoms with Crippen LogP contribution in [0.15, 0.2) is 91.0 Å². The molecule has 3 aromatic carbocycles. The van der Waals surface area contributed by atoms with E-state index in [1.54, 1.807) is 18.6 Å². The van der Waals surface area contributed by atoms with Crippen molar-refractivity contribution in [1.29, 1.82) is 5.26 Å². The fraction of sp³-hybridized carbons (Fsp3) is 0.424. The zero-order chi connectivity index (χ0) is 30.1. The van der Waals surface area contributed by atoms with Gasteiger partial charge in [-0.25, -0.2) is 0 Å². The fourth-order valence-electron chi connectivity index (χ4n) is 2.44. The van der Waals surface area contributed by atoms with Gasteiger partial charge in [-0.05, 0) is 20.8 Å². The minimum atomic E-state index is -0.611. The average molecular weight is 572 g/mol. The maximum Gasteiger partial charge on any atom is 0.0946 e. The third kappa shape index (κ3) is 37.5. The summed E-state index contributed by atoms with van der Waals surface area (Å²) in [7, 11) is 0. The first kappa shape index (κ1) is 39.4. The Morgan fingerprint density at radius 1 is 0.525 bits per heavy atom. The summed E-state index contributed by atoms with van der Waals surface area (Å²) in [5.41, 5.74) is 3.98. The number of nitrogens with zero attached hydrogens (tertiary/aromatic N) is 1. The zero-order valence-electron chi connectivity index (χ0n) is 25.2. The predicted octanol–water partition coefficient (Wildman–Crippen LogP) is 6.58. The van der Waals surface area contributed by atoms with E-state index < -0.39 is 11.2 Å². The third-order valence-electron chi connectivity index (χ3n) is 4.31. The number of nitriles is 1. The lowest BCUT2D eigenvalue weighted by Gasteiger charge is -2.09. The van der Waals surface area contributed by atoms with E-state index in [1.807, 2.05) is 54.6 Å². The fourth-order valence-corrected chi connectivity index (χ4v) is 2.44. The Morgan fingerprint density at radius 2 is 0.700 bits per heavy atom. The number of hydrogen-bond donors (Lipinski definition) is 0. The summed E-state index contributed by atoms with van der Waals surface area (Å²) in [6.45, 7) is 13.9. The molecule has 0 amide bonds. The van der Waals surface area contributed by atoms with E-state index in [-0.39, 0.29) is 0 Å². The van der Waals surface area contributed by atoms with Gasteiger partial charge >= 0.3 is 0 Å². The van der Waals surface area contributed by atoms with Crippen molar-refractivity contribution in [2.75, 3.05) is 65.4 Å². The lowest BCUT2D eigenvalue weighted by molar-refractivity contribution is -0.0334. The molecule has 0 N–H and O–H groups in total. The number of aryl methyl sites for hydroxylation is 3.